The van der Waals surface area contributed by atoms with Gasteiger partial charge in [-0.3, -0.25) is 4.79 Å². The number of rotatable bonds is 11. The van der Waals surface area contributed by atoms with Gasteiger partial charge in [0.25, 0.3) is 0 Å². The number of aldehydes is 2. The second-order valence-corrected chi connectivity index (χ2v) is 10.9. The molecule has 2 aliphatic heterocycles. The van der Waals surface area contributed by atoms with E-state index in [2.05, 4.69) is 6.58 Å². The monoisotopic (exact) mass is 636 g/mol. The van der Waals surface area contributed by atoms with Gasteiger partial charge in [-0.1, -0.05) is 30.8 Å². The van der Waals surface area contributed by atoms with Gasteiger partial charge in [0.2, 0.25) is 0 Å². The second kappa shape index (κ2) is 20.0. The maximum atomic E-state index is 13.5. The van der Waals surface area contributed by atoms with Crippen molar-refractivity contribution in [2.24, 2.45) is 0 Å². The third-order valence-electron chi connectivity index (χ3n) is 7.13. The lowest BCUT2D eigenvalue weighted by Gasteiger charge is -2.27. The molecule has 0 spiro atoms. The summed E-state index contributed by atoms with van der Waals surface area (Å²) in [5.74, 6) is 2.04. The first-order chi connectivity index (χ1) is 22.4. The maximum absolute atomic E-state index is 13.5. The molecule has 9 heteroatoms. The van der Waals surface area contributed by atoms with Gasteiger partial charge in [0.15, 0.2) is 35.6 Å². The average molecular weight is 637 g/mol. The molecule has 0 aliphatic carbocycles. The predicted octanol–water partition coefficient (Wildman–Crippen LogP) is 7.90. The molecule has 2 heterocycles. The van der Waals surface area contributed by atoms with Gasteiger partial charge in [0, 0.05) is 19.3 Å². The van der Waals surface area contributed by atoms with Crippen molar-refractivity contribution in [1.82, 2.24) is 0 Å². The van der Waals surface area contributed by atoms with Crippen molar-refractivity contribution < 1.29 is 42.4 Å². The minimum atomic E-state index is -0.360. The van der Waals surface area contributed by atoms with Crippen molar-refractivity contribution >= 4 is 12.6 Å². The number of hydrogen-bond donors (Lipinski definition) is 0. The summed E-state index contributed by atoms with van der Waals surface area (Å²) in [7, 11) is 3.06. The van der Waals surface area contributed by atoms with Crippen LogP contribution in [-0.2, 0) is 25.5 Å². The van der Waals surface area contributed by atoms with Crippen molar-refractivity contribution in [3.63, 3.8) is 0 Å². The Bertz CT molecular complexity index is 1360. The molecule has 0 radical (unpaired) electrons. The van der Waals surface area contributed by atoms with Crippen LogP contribution in [0.2, 0.25) is 0 Å². The smallest absolute Gasteiger partial charge is 0.200 e. The molecule has 5 rings (SSSR count). The fourth-order valence-electron chi connectivity index (χ4n) is 4.64. The summed E-state index contributed by atoms with van der Waals surface area (Å²) in [5.41, 5.74) is 3.38. The molecule has 0 saturated carbocycles. The third-order valence-corrected chi connectivity index (χ3v) is 7.13. The van der Waals surface area contributed by atoms with Crippen LogP contribution in [0.15, 0.2) is 72.8 Å². The van der Waals surface area contributed by atoms with Crippen LogP contribution in [0.4, 0.5) is 4.39 Å². The Hall–Kier alpha value is -4.21. The van der Waals surface area contributed by atoms with Crippen molar-refractivity contribution in [2.75, 3.05) is 27.4 Å². The van der Waals surface area contributed by atoms with Gasteiger partial charge in [-0.05, 0) is 97.7 Å². The Morgan fingerprint density at radius 3 is 1.89 bits per heavy atom. The Kier molecular flexibility index (Phi) is 15.8. The number of carbonyl (C=O) groups excluding carboxylic acids is 2. The number of aryl methyl sites for hydroxylation is 1. The Balaban J connectivity index is 0.000000228. The predicted molar refractivity (Wildman–Crippen MR) is 175 cm³/mol. The lowest BCUT2D eigenvalue weighted by molar-refractivity contribution is -0.119. The zero-order valence-corrected chi connectivity index (χ0v) is 27.0. The van der Waals surface area contributed by atoms with E-state index in [1.54, 1.807) is 20.1 Å². The molecule has 0 aromatic heterocycles. The SMILES string of the molecule is C=C(C)C=O.COc1ccc(-c2ccc(OC)c(F)c2)cc1.O=CCCc1ccc(OC2CCCCO2)c(OC2CCCCO2)c1. The number of allylic oxidation sites excluding steroid dienone is 1. The number of hydrogen-bond acceptors (Lipinski definition) is 8. The molecule has 3 aromatic carbocycles. The zero-order valence-electron chi connectivity index (χ0n) is 27.0. The first kappa shape index (κ1) is 36.3. The molecular weight excluding hydrogens is 591 g/mol. The van der Waals surface area contributed by atoms with E-state index >= 15 is 0 Å². The number of ether oxygens (including phenoxy) is 6. The van der Waals surface area contributed by atoms with E-state index in [0.29, 0.717) is 29.9 Å². The minimum Gasteiger partial charge on any atom is -0.497 e. The van der Waals surface area contributed by atoms with Gasteiger partial charge >= 0.3 is 0 Å². The molecule has 8 nitrogen and oxygen atoms in total. The molecule has 248 valence electrons. The van der Waals surface area contributed by atoms with Gasteiger partial charge in [0.1, 0.15) is 18.3 Å². The lowest BCUT2D eigenvalue weighted by atomic mass is 10.1. The molecule has 3 aromatic rings. The van der Waals surface area contributed by atoms with Crippen LogP contribution < -0.4 is 18.9 Å². The number of benzene rings is 3. The van der Waals surface area contributed by atoms with Crippen LogP contribution in [0.25, 0.3) is 11.1 Å². The highest BCUT2D eigenvalue weighted by molar-refractivity contribution is 5.70. The molecule has 0 amide bonds. The average Bonchev–Trinajstić information content (AvgIpc) is 3.10. The van der Waals surface area contributed by atoms with Crippen molar-refractivity contribution in [2.45, 2.75) is 70.9 Å². The Morgan fingerprint density at radius 1 is 0.804 bits per heavy atom. The van der Waals surface area contributed by atoms with Crippen LogP contribution >= 0.6 is 0 Å². The Morgan fingerprint density at radius 2 is 1.39 bits per heavy atom. The number of carbonyl (C=O) groups is 2. The summed E-state index contributed by atoms with van der Waals surface area (Å²) in [5, 5.41) is 0. The number of methoxy groups -OCH3 is 2. The third kappa shape index (κ3) is 12.3. The summed E-state index contributed by atoms with van der Waals surface area (Å²) in [6, 6.07) is 18.2. The quantitative estimate of drug-likeness (QED) is 0.155. The summed E-state index contributed by atoms with van der Waals surface area (Å²) >= 11 is 0. The van der Waals surface area contributed by atoms with E-state index in [4.69, 9.17) is 28.4 Å². The summed E-state index contributed by atoms with van der Waals surface area (Å²) in [6.07, 6.45) is 8.60. The fourth-order valence-corrected chi connectivity index (χ4v) is 4.64. The largest absolute Gasteiger partial charge is 0.497 e. The fraction of sp³-hybridized carbons (Fsp3) is 0.405. The van der Waals surface area contributed by atoms with Crippen LogP contribution in [0, 0.1) is 5.82 Å². The lowest BCUT2D eigenvalue weighted by Crippen LogP contribution is -2.27. The summed E-state index contributed by atoms with van der Waals surface area (Å²) in [6.45, 7) is 6.44. The highest BCUT2D eigenvalue weighted by Gasteiger charge is 2.21. The molecule has 2 saturated heterocycles. The summed E-state index contributed by atoms with van der Waals surface area (Å²) < 4.78 is 46.9. The zero-order chi connectivity index (χ0) is 33.1. The van der Waals surface area contributed by atoms with Crippen molar-refractivity contribution in [1.29, 1.82) is 0 Å². The van der Waals surface area contributed by atoms with E-state index in [1.807, 2.05) is 48.5 Å². The van der Waals surface area contributed by atoms with Crippen LogP contribution in [0.3, 0.4) is 0 Å². The molecule has 2 fully saturated rings. The van der Waals surface area contributed by atoms with Gasteiger partial charge in [-0.2, -0.15) is 0 Å². The van der Waals surface area contributed by atoms with E-state index in [0.717, 1.165) is 86.8 Å². The molecule has 2 atom stereocenters. The van der Waals surface area contributed by atoms with Crippen molar-refractivity contribution in [3.8, 4) is 34.1 Å². The maximum Gasteiger partial charge on any atom is 0.200 e. The van der Waals surface area contributed by atoms with E-state index < -0.39 is 0 Å². The molecule has 0 bridgehead atoms. The Labute approximate surface area is 271 Å². The van der Waals surface area contributed by atoms with Crippen LogP contribution in [0.1, 0.15) is 57.4 Å². The van der Waals surface area contributed by atoms with Crippen molar-refractivity contribution in [3.05, 3.63) is 84.2 Å². The van der Waals surface area contributed by atoms with Crippen LogP contribution in [-0.4, -0.2) is 52.6 Å². The highest BCUT2D eigenvalue weighted by atomic mass is 19.1. The normalized spacial score (nSPS) is 17.1. The standard InChI is InChI=1S/C19H26O5.C14H13FO2.C4H6O/c20-11-5-6-15-9-10-16(23-18-7-1-3-12-21-18)17(14-15)24-19-8-2-4-13-22-19;1-16-12-6-3-10(4-7-12)11-5-8-14(17-2)13(15)9-11;1-4(2)3-5/h9-11,14,18-19H,1-8,12-13H2;3-9H,1-2H3;3H,1H2,2H3. The molecule has 46 heavy (non-hydrogen) atoms. The van der Waals surface area contributed by atoms with E-state index in [1.165, 1.54) is 13.2 Å². The highest BCUT2D eigenvalue weighted by Crippen LogP contribution is 2.33. The molecule has 2 aliphatic rings. The van der Waals surface area contributed by atoms with Crippen LogP contribution in [0.5, 0.6) is 23.0 Å². The topological polar surface area (TPSA) is 89.5 Å². The van der Waals surface area contributed by atoms with Gasteiger partial charge in [0.05, 0.1) is 27.4 Å². The number of halogens is 1. The minimum absolute atomic E-state index is 0.214. The van der Waals surface area contributed by atoms with Gasteiger partial charge in [-0.15, -0.1) is 0 Å². The molecule has 0 N–H and O–H groups in total. The summed E-state index contributed by atoms with van der Waals surface area (Å²) in [4.78, 5) is 20.0. The first-order valence-corrected chi connectivity index (χ1v) is 15.6. The van der Waals surface area contributed by atoms with Gasteiger partial charge < -0.3 is 33.2 Å². The first-order valence-electron chi connectivity index (χ1n) is 15.6. The second-order valence-electron chi connectivity index (χ2n) is 10.9. The van der Waals surface area contributed by atoms with E-state index in [-0.39, 0.29) is 24.1 Å². The molecular formula is C37H45FO8. The van der Waals surface area contributed by atoms with E-state index in [9.17, 15) is 14.0 Å². The molecule has 2 unspecified atom stereocenters. The van der Waals surface area contributed by atoms with Gasteiger partial charge in [-0.25, -0.2) is 4.39 Å².